The molecule has 1 amide bonds. The number of carbonyl (C=O) groups is 4. The number of anilines is 1. The first-order chi connectivity index (χ1) is 24.7. The van der Waals surface area contributed by atoms with Crippen LogP contribution in [0.15, 0.2) is 30.6 Å². The molecule has 1 aliphatic carbocycles. The number of carboxylic acid groups (broad SMARTS) is 3. The van der Waals surface area contributed by atoms with Gasteiger partial charge < -0.3 is 37.0 Å². The number of nitrogens with one attached hydrogen (secondary N) is 4. The minimum absolute atomic E-state index is 0.0171. The standard InChI is InChI=1S/C23H29N9O.3C2HF3O2/c1-13-7-8-17-16(9-13)20(30-18-5-3-4-6-19(18)31-23(24)25)32-21(29-17)22(33)28-12-15-11-26-14(2)10-27-15;3*3-2(4,5)1(6)7/h7-11,18-19H,3-6,12H2,1-2H3,(H,28,33)(H4,24,25,31)(H,29,30,32);3*(H,6,7). The molecule has 0 spiro atoms. The van der Waals surface area contributed by atoms with Gasteiger partial charge >= 0.3 is 36.4 Å². The van der Waals surface area contributed by atoms with E-state index in [0.29, 0.717) is 17.0 Å². The fourth-order valence-electron chi connectivity index (χ4n) is 4.07. The summed E-state index contributed by atoms with van der Waals surface area (Å²) >= 11 is 0. The van der Waals surface area contributed by atoms with Gasteiger partial charge in [-0.25, -0.2) is 24.4 Å². The van der Waals surface area contributed by atoms with Crippen LogP contribution in [0.3, 0.4) is 0 Å². The van der Waals surface area contributed by atoms with Crippen molar-refractivity contribution in [3.8, 4) is 0 Å². The van der Waals surface area contributed by atoms with Gasteiger partial charge in [0.1, 0.15) is 5.82 Å². The van der Waals surface area contributed by atoms with Crippen molar-refractivity contribution in [3.05, 3.63) is 53.4 Å². The Bertz CT molecular complexity index is 1720. The summed E-state index contributed by atoms with van der Waals surface area (Å²) in [5, 5.41) is 39.2. The lowest BCUT2D eigenvalue weighted by Crippen LogP contribution is -2.50. The van der Waals surface area contributed by atoms with Gasteiger partial charge in [0, 0.05) is 23.7 Å². The zero-order valence-corrected chi connectivity index (χ0v) is 27.8. The molecule has 1 saturated carbocycles. The average molecular weight is 790 g/mol. The monoisotopic (exact) mass is 789 g/mol. The smallest absolute Gasteiger partial charge is 0.475 e. The number of nitrogens with two attached hydrogens (primary N) is 1. The van der Waals surface area contributed by atoms with Gasteiger partial charge in [-0.2, -0.15) is 39.5 Å². The van der Waals surface area contributed by atoms with Gasteiger partial charge in [-0.15, -0.1) is 0 Å². The van der Waals surface area contributed by atoms with Gasteiger partial charge in [0.25, 0.3) is 5.91 Å². The van der Waals surface area contributed by atoms with E-state index >= 15 is 0 Å². The molecule has 1 aliphatic rings. The van der Waals surface area contributed by atoms with Crippen LogP contribution in [0.4, 0.5) is 45.3 Å². The van der Waals surface area contributed by atoms with Crippen LogP contribution in [0.1, 0.15) is 53.3 Å². The molecule has 1 fully saturated rings. The van der Waals surface area contributed by atoms with Crippen molar-refractivity contribution in [1.29, 1.82) is 5.41 Å². The summed E-state index contributed by atoms with van der Waals surface area (Å²) in [5.41, 5.74) is 8.83. The van der Waals surface area contributed by atoms with Gasteiger partial charge in [-0.3, -0.25) is 20.2 Å². The normalized spacial score (nSPS) is 15.4. The molecule has 0 radical (unpaired) electrons. The van der Waals surface area contributed by atoms with Crippen molar-refractivity contribution in [1.82, 2.24) is 30.6 Å². The second-order valence-electron chi connectivity index (χ2n) is 10.9. The largest absolute Gasteiger partial charge is 0.490 e. The minimum atomic E-state index is -5.08. The number of rotatable bonds is 6. The van der Waals surface area contributed by atoms with Gasteiger partial charge in [-0.05, 0) is 38.8 Å². The Balaban J connectivity index is 0.000000566. The van der Waals surface area contributed by atoms with E-state index in [-0.39, 0.29) is 36.3 Å². The number of carboxylic acids is 3. The van der Waals surface area contributed by atoms with E-state index in [4.69, 9.17) is 40.8 Å². The summed E-state index contributed by atoms with van der Waals surface area (Å²) in [4.78, 5) is 57.1. The van der Waals surface area contributed by atoms with Crippen LogP contribution in [-0.2, 0) is 20.9 Å². The van der Waals surface area contributed by atoms with Crippen LogP contribution in [0, 0.1) is 19.3 Å². The third kappa shape index (κ3) is 16.5. The Morgan fingerprint density at radius 2 is 1.31 bits per heavy atom. The molecule has 2 atom stereocenters. The van der Waals surface area contributed by atoms with Crippen molar-refractivity contribution in [2.24, 2.45) is 5.73 Å². The summed E-state index contributed by atoms with van der Waals surface area (Å²) in [5.74, 6) is -8.01. The number of nitrogens with zero attached hydrogens (tertiary/aromatic N) is 4. The molecule has 2 unspecified atom stereocenters. The van der Waals surface area contributed by atoms with E-state index in [1.807, 2.05) is 32.0 Å². The molecule has 298 valence electrons. The number of hydrogen-bond acceptors (Lipinski definition) is 10. The molecule has 54 heavy (non-hydrogen) atoms. The van der Waals surface area contributed by atoms with Crippen LogP contribution in [0.5, 0.6) is 0 Å². The minimum Gasteiger partial charge on any atom is -0.475 e. The summed E-state index contributed by atoms with van der Waals surface area (Å²) in [6.07, 6.45) is -7.99. The van der Waals surface area contributed by atoms with Crippen LogP contribution in [-0.4, -0.2) is 95.6 Å². The first kappa shape index (κ1) is 46.0. The Kier molecular flexibility index (Phi) is 16.8. The highest BCUT2D eigenvalue weighted by atomic mass is 19.4. The molecule has 4 rings (SSSR count). The predicted octanol–water partition coefficient (Wildman–Crippen LogP) is 4.07. The fourth-order valence-corrected chi connectivity index (χ4v) is 4.07. The van der Waals surface area contributed by atoms with Crippen LogP contribution >= 0.6 is 0 Å². The second-order valence-corrected chi connectivity index (χ2v) is 10.9. The van der Waals surface area contributed by atoms with Gasteiger partial charge in [-0.1, -0.05) is 24.5 Å². The topological polar surface area (TPSA) is 266 Å². The van der Waals surface area contributed by atoms with Crippen molar-refractivity contribution >= 4 is 46.5 Å². The van der Waals surface area contributed by atoms with Gasteiger partial charge in [0.15, 0.2) is 5.96 Å². The Morgan fingerprint density at radius 1 is 0.815 bits per heavy atom. The number of aliphatic carboxylic acids is 3. The number of guanidine groups is 1. The third-order valence-electron chi connectivity index (χ3n) is 6.48. The molecule has 3 aromatic rings. The van der Waals surface area contributed by atoms with Gasteiger partial charge in [0.05, 0.1) is 29.6 Å². The number of aromatic nitrogens is 4. The lowest BCUT2D eigenvalue weighted by Gasteiger charge is -2.33. The van der Waals surface area contributed by atoms with E-state index in [0.717, 1.165) is 42.3 Å². The van der Waals surface area contributed by atoms with Crippen LogP contribution in [0.25, 0.3) is 10.9 Å². The predicted molar refractivity (Wildman–Crippen MR) is 168 cm³/mol. The number of fused-ring (bicyclic) bond motifs is 1. The molecule has 0 saturated heterocycles. The average Bonchev–Trinajstić information content (AvgIpc) is 3.04. The molecular formula is C29H32F9N9O7. The number of aryl methyl sites for hydroxylation is 2. The first-order valence-electron chi connectivity index (χ1n) is 14.8. The summed E-state index contributed by atoms with van der Waals surface area (Å²) in [6, 6.07) is 5.91. The maximum Gasteiger partial charge on any atom is 0.490 e. The number of carbonyl (C=O) groups excluding carboxylic acids is 1. The zero-order valence-electron chi connectivity index (χ0n) is 27.8. The molecule has 2 aromatic heterocycles. The number of hydrogen-bond donors (Lipinski definition) is 8. The maximum atomic E-state index is 12.9. The highest BCUT2D eigenvalue weighted by molar-refractivity contribution is 5.96. The SMILES string of the molecule is Cc1ccc2nc(C(=O)NCc3cnc(C)cn3)nc(NC3CCCCC3NC(=N)N)c2c1.O=C(O)C(F)(F)F.O=C(O)C(F)(F)F.O=C(O)C(F)(F)F. The molecule has 9 N–H and O–H groups in total. The number of alkyl halides is 9. The quantitative estimate of drug-likeness (QED) is 0.0995. The van der Waals surface area contributed by atoms with E-state index in [9.17, 15) is 44.3 Å². The molecule has 16 nitrogen and oxygen atoms in total. The molecule has 25 heteroatoms. The fraction of sp³-hybridized carbons (Fsp3) is 0.414. The van der Waals surface area contributed by atoms with Crippen molar-refractivity contribution in [2.75, 3.05) is 5.32 Å². The van der Waals surface area contributed by atoms with Crippen molar-refractivity contribution < 1.29 is 74.0 Å². The first-order valence-corrected chi connectivity index (χ1v) is 14.8. The number of amides is 1. The lowest BCUT2D eigenvalue weighted by molar-refractivity contribution is -0.193. The lowest BCUT2D eigenvalue weighted by atomic mass is 9.90. The van der Waals surface area contributed by atoms with Crippen LogP contribution in [0.2, 0.25) is 0 Å². The van der Waals surface area contributed by atoms with E-state index in [1.54, 1.807) is 12.4 Å². The number of halogens is 9. The number of benzene rings is 1. The van der Waals surface area contributed by atoms with Crippen molar-refractivity contribution in [2.45, 2.75) is 76.7 Å². The highest BCUT2D eigenvalue weighted by Gasteiger charge is 2.39. The molecule has 1 aromatic carbocycles. The summed E-state index contributed by atoms with van der Waals surface area (Å²) < 4.78 is 95.2. The van der Waals surface area contributed by atoms with E-state index in [2.05, 4.69) is 35.9 Å². The van der Waals surface area contributed by atoms with Crippen molar-refractivity contribution in [3.63, 3.8) is 0 Å². The van der Waals surface area contributed by atoms with E-state index < -0.39 is 36.4 Å². The molecular weight excluding hydrogens is 757 g/mol. The Morgan fingerprint density at radius 3 is 1.76 bits per heavy atom. The molecule has 0 aliphatic heterocycles. The maximum absolute atomic E-state index is 12.9. The molecule has 2 heterocycles. The summed E-state index contributed by atoms with van der Waals surface area (Å²) in [7, 11) is 0. The summed E-state index contributed by atoms with van der Waals surface area (Å²) in [6.45, 7) is 4.10. The Hall–Kier alpha value is -6.04. The van der Waals surface area contributed by atoms with E-state index in [1.165, 1.54) is 0 Å². The van der Waals surface area contributed by atoms with Crippen LogP contribution < -0.4 is 21.7 Å². The Labute approximate surface area is 297 Å². The molecule has 0 bridgehead atoms. The second kappa shape index (κ2) is 19.7. The van der Waals surface area contributed by atoms with Gasteiger partial charge in [0.2, 0.25) is 5.82 Å². The third-order valence-corrected chi connectivity index (χ3v) is 6.48. The zero-order chi connectivity index (χ0) is 41.6. The highest BCUT2D eigenvalue weighted by Crippen LogP contribution is 2.27.